The zero-order chi connectivity index (χ0) is 22.3. The number of carbonyl (C=O) groups excluding carboxylic acids is 1. The fraction of sp³-hybridized carbons (Fsp3) is 0.136. The summed E-state index contributed by atoms with van der Waals surface area (Å²) in [5.74, 6) is -2.44. The number of benzene rings is 2. The van der Waals surface area contributed by atoms with Crippen LogP contribution in [-0.4, -0.2) is 26.4 Å². The minimum atomic E-state index is -2.98. The van der Waals surface area contributed by atoms with Gasteiger partial charge in [-0.25, -0.2) is 4.79 Å². The lowest BCUT2D eigenvalue weighted by atomic mass is 9.89. The maximum absolute atomic E-state index is 13.0. The van der Waals surface area contributed by atoms with Gasteiger partial charge in [-0.3, -0.25) is 0 Å². The van der Waals surface area contributed by atoms with Crippen LogP contribution in [0.1, 0.15) is 16.9 Å². The molecule has 2 aromatic carbocycles. The predicted octanol–water partition coefficient (Wildman–Crippen LogP) is 4.28. The zero-order valence-corrected chi connectivity index (χ0v) is 17.0. The third-order valence-corrected chi connectivity index (χ3v) is 5.66. The number of esters is 1. The van der Waals surface area contributed by atoms with E-state index in [0.717, 1.165) is 11.7 Å². The average molecular weight is 456 g/mol. The highest BCUT2D eigenvalue weighted by atomic mass is 32.1. The Hall–Kier alpha value is -3.63. The molecule has 0 fully saturated rings. The summed E-state index contributed by atoms with van der Waals surface area (Å²) in [5.41, 5.74) is 2.40. The number of rotatable bonds is 6. The van der Waals surface area contributed by atoms with E-state index in [-0.39, 0.29) is 28.9 Å². The summed E-state index contributed by atoms with van der Waals surface area (Å²) < 4.78 is 48.6. The smallest absolute Gasteiger partial charge is 0.387 e. The van der Waals surface area contributed by atoms with Crippen LogP contribution in [0.25, 0.3) is 16.6 Å². The molecule has 1 aliphatic rings. The van der Waals surface area contributed by atoms with Crippen LogP contribution < -0.4 is 4.74 Å². The summed E-state index contributed by atoms with van der Waals surface area (Å²) in [4.78, 5) is 13.0. The first-order chi connectivity index (χ1) is 15.4. The second-order valence-electron chi connectivity index (χ2n) is 7.01. The molecule has 1 unspecified atom stereocenters. The minimum absolute atomic E-state index is 0.0766. The van der Waals surface area contributed by atoms with Gasteiger partial charge in [-0.2, -0.15) is 17.5 Å². The molecule has 1 aliphatic heterocycles. The van der Waals surface area contributed by atoms with E-state index >= 15 is 0 Å². The number of carbonyl (C=O) groups is 1. The fourth-order valence-electron chi connectivity index (χ4n) is 3.66. The van der Waals surface area contributed by atoms with Gasteiger partial charge in [0.25, 0.3) is 5.79 Å². The van der Waals surface area contributed by atoms with Crippen molar-refractivity contribution in [3.8, 4) is 5.75 Å². The van der Waals surface area contributed by atoms with Crippen LogP contribution in [0.2, 0.25) is 0 Å². The first-order valence-electron chi connectivity index (χ1n) is 9.44. The summed E-state index contributed by atoms with van der Waals surface area (Å²) >= 11 is 1.05. The van der Waals surface area contributed by atoms with Crippen molar-refractivity contribution in [3.63, 3.8) is 0 Å². The van der Waals surface area contributed by atoms with E-state index in [0.29, 0.717) is 22.4 Å². The number of furan rings is 1. The first-order valence-corrected chi connectivity index (χ1v) is 10.2. The lowest BCUT2D eigenvalue weighted by Gasteiger charge is -2.25. The van der Waals surface area contributed by atoms with E-state index in [1.807, 2.05) is 0 Å². The summed E-state index contributed by atoms with van der Waals surface area (Å²) in [7, 11) is 0. The average Bonchev–Trinajstić information content (AvgIpc) is 3.49. The van der Waals surface area contributed by atoms with Crippen LogP contribution in [0.15, 0.2) is 70.9 Å². The standard InChI is InChI=1S/C22H14F2N2O5S/c23-21(24)30-14-6-4-13(5-7-14)22(28)16(11-15-2-1-9-29-15)19(20(27)31-22)12-3-8-17-18(10-12)26-32-25-17/h1-10,21,28H,11H2. The molecule has 4 aromatic rings. The molecule has 1 atom stereocenters. The maximum atomic E-state index is 13.0. The molecule has 2 aromatic heterocycles. The van der Waals surface area contributed by atoms with Crippen LogP contribution in [0.5, 0.6) is 5.75 Å². The topological polar surface area (TPSA) is 94.7 Å². The quantitative estimate of drug-likeness (QED) is 0.433. The normalized spacial score (nSPS) is 18.6. The highest BCUT2D eigenvalue weighted by Gasteiger charge is 2.48. The monoisotopic (exact) mass is 456 g/mol. The van der Waals surface area contributed by atoms with Crippen molar-refractivity contribution in [2.75, 3.05) is 0 Å². The Kier molecular flexibility index (Phi) is 4.95. The molecule has 5 rings (SSSR count). The Balaban J connectivity index is 1.63. The molecule has 10 heteroatoms. The number of nitrogens with zero attached hydrogens (tertiary/aromatic N) is 2. The molecule has 0 radical (unpaired) electrons. The number of alkyl halides is 2. The maximum Gasteiger partial charge on any atom is 0.387 e. The van der Waals surface area contributed by atoms with Gasteiger partial charge in [0.15, 0.2) is 0 Å². The molecule has 32 heavy (non-hydrogen) atoms. The number of aliphatic hydroxyl groups is 1. The van der Waals surface area contributed by atoms with Gasteiger partial charge < -0.3 is 19.0 Å². The van der Waals surface area contributed by atoms with E-state index in [9.17, 15) is 18.7 Å². The van der Waals surface area contributed by atoms with E-state index < -0.39 is 18.4 Å². The van der Waals surface area contributed by atoms with Gasteiger partial charge in [0.2, 0.25) is 0 Å². The van der Waals surface area contributed by atoms with E-state index in [1.165, 1.54) is 30.5 Å². The molecule has 162 valence electrons. The summed E-state index contributed by atoms with van der Waals surface area (Å²) in [5, 5.41) is 11.5. The van der Waals surface area contributed by atoms with Gasteiger partial charge in [0, 0.05) is 17.6 Å². The Bertz CT molecular complexity index is 1320. The SMILES string of the molecule is O=C1OC(O)(c2ccc(OC(F)F)cc2)C(Cc2ccco2)=C1c1ccc2nsnc2c1. The number of halogens is 2. The van der Waals surface area contributed by atoms with Gasteiger partial charge in [0.05, 0.1) is 23.6 Å². The summed E-state index contributed by atoms with van der Waals surface area (Å²) in [6.45, 7) is -2.98. The second kappa shape index (κ2) is 7.81. The fourth-order valence-corrected chi connectivity index (χ4v) is 4.18. The zero-order valence-electron chi connectivity index (χ0n) is 16.2. The number of aromatic nitrogens is 2. The van der Waals surface area contributed by atoms with Gasteiger partial charge in [-0.1, -0.05) is 6.07 Å². The van der Waals surface area contributed by atoms with Crippen LogP contribution in [-0.2, 0) is 21.7 Å². The van der Waals surface area contributed by atoms with Crippen LogP contribution in [0.3, 0.4) is 0 Å². The second-order valence-corrected chi connectivity index (χ2v) is 7.54. The molecule has 0 amide bonds. The molecule has 0 aliphatic carbocycles. The largest absolute Gasteiger partial charge is 0.469 e. The van der Waals surface area contributed by atoms with Crippen molar-refractivity contribution in [2.24, 2.45) is 0 Å². The van der Waals surface area contributed by atoms with Crippen LogP contribution in [0, 0.1) is 0 Å². The Morgan fingerprint density at radius 1 is 1.09 bits per heavy atom. The van der Waals surface area contributed by atoms with Crippen molar-refractivity contribution < 1.29 is 32.6 Å². The summed E-state index contributed by atoms with van der Waals surface area (Å²) in [6.07, 6.45) is 1.56. The van der Waals surface area contributed by atoms with Gasteiger partial charge in [-0.15, -0.1) is 0 Å². The van der Waals surface area contributed by atoms with E-state index in [1.54, 1.807) is 30.3 Å². The van der Waals surface area contributed by atoms with Crippen molar-refractivity contribution in [1.82, 2.24) is 8.75 Å². The van der Waals surface area contributed by atoms with E-state index in [2.05, 4.69) is 13.5 Å². The van der Waals surface area contributed by atoms with Crippen molar-refractivity contribution >= 4 is 34.3 Å². The van der Waals surface area contributed by atoms with Crippen molar-refractivity contribution in [3.05, 3.63) is 83.3 Å². The molecule has 0 spiro atoms. The Labute approximate surface area is 183 Å². The van der Waals surface area contributed by atoms with Crippen LogP contribution >= 0.6 is 11.7 Å². The highest BCUT2D eigenvalue weighted by molar-refractivity contribution is 7.00. The number of hydrogen-bond acceptors (Lipinski definition) is 8. The Morgan fingerprint density at radius 2 is 1.88 bits per heavy atom. The number of ether oxygens (including phenoxy) is 2. The lowest BCUT2D eigenvalue weighted by molar-refractivity contribution is -0.185. The van der Waals surface area contributed by atoms with Crippen molar-refractivity contribution in [1.29, 1.82) is 0 Å². The minimum Gasteiger partial charge on any atom is -0.469 e. The first kappa shape index (κ1) is 20.3. The molecular weight excluding hydrogens is 442 g/mol. The molecule has 0 saturated carbocycles. The molecule has 0 bridgehead atoms. The number of cyclic esters (lactones) is 1. The number of fused-ring (bicyclic) bond motifs is 1. The van der Waals surface area contributed by atoms with E-state index in [4.69, 9.17) is 9.15 Å². The third kappa shape index (κ3) is 3.53. The number of hydrogen-bond donors (Lipinski definition) is 1. The molecule has 3 heterocycles. The Morgan fingerprint density at radius 3 is 2.59 bits per heavy atom. The third-order valence-electron chi connectivity index (χ3n) is 5.10. The van der Waals surface area contributed by atoms with Crippen molar-refractivity contribution in [2.45, 2.75) is 18.8 Å². The molecule has 7 nitrogen and oxygen atoms in total. The molecule has 0 saturated heterocycles. The van der Waals surface area contributed by atoms with Gasteiger partial charge in [0.1, 0.15) is 22.5 Å². The summed E-state index contributed by atoms with van der Waals surface area (Å²) in [6, 6.07) is 13.8. The van der Waals surface area contributed by atoms with Gasteiger partial charge >= 0.3 is 12.6 Å². The van der Waals surface area contributed by atoms with Crippen LogP contribution in [0.4, 0.5) is 8.78 Å². The highest BCUT2D eigenvalue weighted by Crippen LogP contribution is 2.45. The molecular formula is C22H14F2N2O5S. The predicted molar refractivity (Wildman–Crippen MR) is 110 cm³/mol. The molecule has 1 N–H and O–H groups in total. The van der Waals surface area contributed by atoms with Gasteiger partial charge in [-0.05, 0) is 54.1 Å². The lowest BCUT2D eigenvalue weighted by Crippen LogP contribution is -2.29.